The highest BCUT2D eigenvalue weighted by Gasteiger charge is 2.07. The van der Waals surface area contributed by atoms with Crippen LogP contribution in [0.5, 0.6) is 11.5 Å². The van der Waals surface area contributed by atoms with Crippen molar-refractivity contribution in [2.45, 2.75) is 13.8 Å². The number of rotatable bonds is 8. The first kappa shape index (κ1) is 21.0. The summed E-state index contributed by atoms with van der Waals surface area (Å²) in [7, 11) is 3.35. The highest BCUT2D eigenvalue weighted by atomic mass is 16.5. The topological polar surface area (TPSA) is 80.2 Å². The molecule has 0 radical (unpaired) electrons. The van der Waals surface area contributed by atoms with Gasteiger partial charge in [-0.1, -0.05) is 0 Å². The highest BCUT2D eigenvalue weighted by Crippen LogP contribution is 2.14. The van der Waals surface area contributed by atoms with Crippen LogP contribution in [0.1, 0.15) is 29.8 Å². The van der Waals surface area contributed by atoms with Crippen molar-refractivity contribution in [3.63, 3.8) is 0 Å². The van der Waals surface area contributed by atoms with Gasteiger partial charge in [0.1, 0.15) is 11.5 Å². The first-order valence-corrected chi connectivity index (χ1v) is 8.91. The summed E-state index contributed by atoms with van der Waals surface area (Å²) in [6.07, 6.45) is 0. The maximum absolute atomic E-state index is 12.2. The molecule has 2 rings (SSSR count). The lowest BCUT2D eigenvalue weighted by molar-refractivity contribution is -0.130. The molecular formula is C21H25N3O4. The van der Waals surface area contributed by atoms with Crippen LogP contribution >= 0.6 is 0 Å². The van der Waals surface area contributed by atoms with Crippen molar-refractivity contribution in [3.8, 4) is 11.5 Å². The summed E-state index contributed by atoms with van der Waals surface area (Å²) in [6.45, 7) is 4.26. The lowest BCUT2D eigenvalue weighted by Crippen LogP contribution is -2.27. The van der Waals surface area contributed by atoms with E-state index in [9.17, 15) is 9.59 Å². The summed E-state index contributed by atoms with van der Waals surface area (Å²) in [5.41, 5.74) is 4.52. The van der Waals surface area contributed by atoms with Gasteiger partial charge < -0.3 is 14.4 Å². The summed E-state index contributed by atoms with van der Waals surface area (Å²) in [6, 6.07) is 14.0. The van der Waals surface area contributed by atoms with Gasteiger partial charge in [0.15, 0.2) is 6.61 Å². The quantitative estimate of drug-likeness (QED) is 0.561. The normalized spacial score (nSPS) is 10.9. The second-order valence-electron chi connectivity index (χ2n) is 6.20. The van der Waals surface area contributed by atoms with Crippen LogP contribution in [0.2, 0.25) is 0 Å². The zero-order chi connectivity index (χ0) is 20.5. The predicted molar refractivity (Wildman–Crippen MR) is 108 cm³/mol. The Balaban J connectivity index is 1.93. The van der Waals surface area contributed by atoms with Gasteiger partial charge in [0.25, 0.3) is 11.8 Å². The summed E-state index contributed by atoms with van der Waals surface area (Å²) < 4.78 is 10.8. The van der Waals surface area contributed by atoms with Gasteiger partial charge in [-0.05, 0) is 67.9 Å². The Morgan fingerprint density at radius 1 is 0.929 bits per heavy atom. The van der Waals surface area contributed by atoms with E-state index in [-0.39, 0.29) is 18.4 Å². The first-order chi connectivity index (χ1) is 13.4. The average molecular weight is 383 g/mol. The molecule has 7 nitrogen and oxygen atoms in total. The molecule has 1 N–H and O–H groups in total. The molecular weight excluding hydrogens is 358 g/mol. The smallest absolute Gasteiger partial charge is 0.271 e. The molecule has 2 amide bonds. The monoisotopic (exact) mass is 383 g/mol. The fraction of sp³-hybridized carbons (Fsp3) is 0.286. The zero-order valence-electron chi connectivity index (χ0n) is 16.6. The molecule has 0 spiro atoms. The number of nitrogens with zero attached hydrogens (tertiary/aromatic N) is 2. The second-order valence-corrected chi connectivity index (χ2v) is 6.20. The maximum Gasteiger partial charge on any atom is 0.271 e. The van der Waals surface area contributed by atoms with Crippen molar-refractivity contribution >= 4 is 17.5 Å². The van der Waals surface area contributed by atoms with Crippen LogP contribution < -0.4 is 14.9 Å². The van der Waals surface area contributed by atoms with Crippen LogP contribution in [-0.4, -0.2) is 49.7 Å². The van der Waals surface area contributed by atoms with Crippen LogP contribution in [0, 0.1) is 0 Å². The number of ether oxygens (including phenoxy) is 2. The number of carbonyl (C=O) groups excluding carboxylic acids is 2. The molecule has 7 heteroatoms. The Hall–Kier alpha value is -3.35. The van der Waals surface area contributed by atoms with Gasteiger partial charge in [0.2, 0.25) is 0 Å². The summed E-state index contributed by atoms with van der Waals surface area (Å²) >= 11 is 0. The standard InChI is InChI=1S/C21H25N3O4/c1-5-27-18-12-8-17(9-13-18)21(26)23-22-15(2)16-6-10-19(11-7-16)28-14-20(25)24(3)4/h6-13H,5,14H2,1-4H3,(H,23,26)/b22-15+. The molecule has 0 fully saturated rings. The van der Waals surface area contributed by atoms with E-state index >= 15 is 0 Å². The first-order valence-electron chi connectivity index (χ1n) is 8.91. The lowest BCUT2D eigenvalue weighted by atomic mass is 10.1. The van der Waals surface area contributed by atoms with Gasteiger partial charge in [0, 0.05) is 19.7 Å². The highest BCUT2D eigenvalue weighted by molar-refractivity contribution is 6.00. The van der Waals surface area contributed by atoms with E-state index in [0.717, 1.165) is 5.56 Å². The Kier molecular flexibility index (Phi) is 7.56. The van der Waals surface area contributed by atoms with E-state index in [0.29, 0.717) is 29.4 Å². The molecule has 0 aliphatic rings. The lowest BCUT2D eigenvalue weighted by Gasteiger charge is -2.11. The van der Waals surface area contributed by atoms with Crippen molar-refractivity contribution in [2.24, 2.45) is 5.10 Å². The number of likely N-dealkylation sites (N-methyl/N-ethyl adjacent to an activating group) is 1. The largest absolute Gasteiger partial charge is 0.494 e. The second kappa shape index (κ2) is 10.1. The Labute approximate surface area is 164 Å². The molecule has 0 aliphatic carbocycles. The number of hydrogen-bond donors (Lipinski definition) is 1. The van der Waals surface area contributed by atoms with Crippen molar-refractivity contribution < 1.29 is 19.1 Å². The van der Waals surface area contributed by atoms with Gasteiger partial charge in [-0.15, -0.1) is 0 Å². The fourth-order valence-electron chi connectivity index (χ4n) is 2.20. The van der Waals surface area contributed by atoms with E-state index < -0.39 is 0 Å². The minimum absolute atomic E-state index is 0.0163. The van der Waals surface area contributed by atoms with E-state index in [1.54, 1.807) is 57.4 Å². The molecule has 0 heterocycles. The summed E-state index contributed by atoms with van der Waals surface area (Å²) in [4.78, 5) is 25.2. The number of hydrogen-bond acceptors (Lipinski definition) is 5. The minimum atomic E-state index is -0.301. The molecule has 28 heavy (non-hydrogen) atoms. The molecule has 0 aromatic heterocycles. The van der Waals surface area contributed by atoms with Gasteiger partial charge in [-0.25, -0.2) is 5.43 Å². The van der Waals surface area contributed by atoms with E-state index in [2.05, 4.69) is 10.5 Å². The van der Waals surface area contributed by atoms with Crippen LogP contribution in [0.4, 0.5) is 0 Å². The van der Waals surface area contributed by atoms with E-state index in [1.807, 2.05) is 19.1 Å². The van der Waals surface area contributed by atoms with Crippen LogP contribution in [0.3, 0.4) is 0 Å². The zero-order valence-corrected chi connectivity index (χ0v) is 16.6. The van der Waals surface area contributed by atoms with E-state index in [4.69, 9.17) is 9.47 Å². The third kappa shape index (κ3) is 6.12. The molecule has 148 valence electrons. The molecule has 0 unspecified atom stereocenters. The van der Waals surface area contributed by atoms with Crippen LogP contribution in [0.25, 0.3) is 0 Å². The summed E-state index contributed by atoms with van der Waals surface area (Å²) in [5.74, 6) is 0.891. The van der Waals surface area contributed by atoms with Crippen LogP contribution in [0.15, 0.2) is 53.6 Å². The van der Waals surface area contributed by atoms with Crippen molar-refractivity contribution in [1.82, 2.24) is 10.3 Å². The number of hydrazone groups is 1. The minimum Gasteiger partial charge on any atom is -0.494 e. The molecule has 0 atom stereocenters. The molecule has 0 bridgehead atoms. The molecule has 0 saturated heterocycles. The average Bonchev–Trinajstić information content (AvgIpc) is 2.71. The van der Waals surface area contributed by atoms with Gasteiger partial charge >= 0.3 is 0 Å². The number of nitrogens with one attached hydrogen (secondary N) is 1. The number of carbonyl (C=O) groups is 2. The Morgan fingerprint density at radius 3 is 2.00 bits per heavy atom. The number of benzene rings is 2. The molecule has 2 aromatic rings. The molecule has 0 saturated carbocycles. The van der Waals surface area contributed by atoms with Crippen molar-refractivity contribution in [2.75, 3.05) is 27.3 Å². The maximum atomic E-state index is 12.2. The fourth-order valence-corrected chi connectivity index (χ4v) is 2.20. The Bertz CT molecular complexity index is 828. The van der Waals surface area contributed by atoms with Crippen molar-refractivity contribution in [3.05, 3.63) is 59.7 Å². The van der Waals surface area contributed by atoms with Gasteiger partial charge in [0.05, 0.1) is 12.3 Å². The Morgan fingerprint density at radius 2 is 1.46 bits per heavy atom. The predicted octanol–water partition coefficient (Wildman–Crippen LogP) is 2.71. The van der Waals surface area contributed by atoms with E-state index in [1.165, 1.54) is 4.90 Å². The van der Waals surface area contributed by atoms with Gasteiger partial charge in [-0.3, -0.25) is 9.59 Å². The van der Waals surface area contributed by atoms with Gasteiger partial charge in [-0.2, -0.15) is 5.10 Å². The SMILES string of the molecule is CCOc1ccc(C(=O)N/N=C(\C)c2ccc(OCC(=O)N(C)C)cc2)cc1. The third-order valence-electron chi connectivity index (χ3n) is 3.89. The summed E-state index contributed by atoms with van der Waals surface area (Å²) in [5, 5.41) is 4.14. The number of amides is 2. The van der Waals surface area contributed by atoms with Crippen molar-refractivity contribution in [1.29, 1.82) is 0 Å². The van der Waals surface area contributed by atoms with Crippen LogP contribution in [-0.2, 0) is 4.79 Å². The molecule has 2 aromatic carbocycles. The molecule has 0 aliphatic heterocycles. The third-order valence-corrected chi connectivity index (χ3v) is 3.89.